The Labute approximate surface area is 186 Å². The largest absolute Gasteiger partial charge is 0.480 e. The van der Waals surface area contributed by atoms with Crippen LogP contribution in [0.1, 0.15) is 39.9 Å². The average molecular weight is 468 g/mol. The molecule has 0 spiro atoms. The second-order valence-electron chi connectivity index (χ2n) is 6.97. The maximum absolute atomic E-state index is 13.0. The molecule has 2 aromatic carbocycles. The Kier molecular flexibility index (Phi) is 6.35. The van der Waals surface area contributed by atoms with Gasteiger partial charge in [-0.3, -0.25) is 4.79 Å². The Bertz CT molecular complexity index is 1120. The lowest BCUT2D eigenvalue weighted by molar-refractivity contribution is -0.189. The number of nitrogens with zero attached hydrogens (tertiary/aromatic N) is 3. The zero-order chi connectivity index (χ0) is 22.9. The van der Waals surface area contributed by atoms with Gasteiger partial charge >= 0.3 is 6.18 Å². The van der Waals surface area contributed by atoms with Gasteiger partial charge in [-0.15, -0.1) is 0 Å². The highest BCUT2D eigenvalue weighted by Gasteiger charge is 2.40. The lowest BCUT2D eigenvalue weighted by Gasteiger charge is -2.40. The summed E-state index contributed by atoms with van der Waals surface area (Å²) in [7, 11) is 0. The van der Waals surface area contributed by atoms with Crippen LogP contribution in [0, 0.1) is 22.7 Å². The van der Waals surface area contributed by atoms with Crippen LogP contribution in [0.2, 0.25) is 10.0 Å². The number of halogens is 5. The second kappa shape index (κ2) is 8.66. The number of likely N-dealkylation sites (tertiary alicyclic amines) is 1. The maximum atomic E-state index is 13.0. The molecular weight excluding hydrogens is 454 g/mol. The van der Waals surface area contributed by atoms with Gasteiger partial charge in [0.15, 0.2) is 6.10 Å². The van der Waals surface area contributed by atoms with Gasteiger partial charge in [0.2, 0.25) is 0 Å². The smallest absolute Gasteiger partial charge is 0.425 e. The van der Waals surface area contributed by atoms with Gasteiger partial charge in [0, 0.05) is 24.0 Å². The molecule has 0 bridgehead atoms. The van der Waals surface area contributed by atoms with Gasteiger partial charge in [-0.2, -0.15) is 23.7 Å². The summed E-state index contributed by atoms with van der Waals surface area (Å²) in [4.78, 5) is 14.4. The van der Waals surface area contributed by atoms with Crippen molar-refractivity contribution in [1.82, 2.24) is 4.90 Å². The van der Waals surface area contributed by atoms with Crippen molar-refractivity contribution in [2.24, 2.45) is 0 Å². The van der Waals surface area contributed by atoms with E-state index in [2.05, 4.69) is 0 Å². The Morgan fingerprint density at radius 2 is 1.87 bits per heavy atom. The molecule has 1 aliphatic heterocycles. The topological polar surface area (TPSA) is 77.1 Å². The minimum Gasteiger partial charge on any atom is -0.480 e. The number of amides is 1. The molecule has 1 saturated heterocycles. The van der Waals surface area contributed by atoms with Gasteiger partial charge in [0.05, 0.1) is 22.2 Å². The fraction of sp³-hybridized carbons (Fsp3) is 0.286. The van der Waals surface area contributed by atoms with Crippen LogP contribution in [0.5, 0.6) is 5.75 Å². The minimum absolute atomic E-state index is 0.0516. The summed E-state index contributed by atoms with van der Waals surface area (Å²) in [6.07, 6.45) is -6.82. The van der Waals surface area contributed by atoms with Crippen LogP contribution < -0.4 is 4.74 Å². The number of alkyl halides is 3. The highest BCUT2D eigenvalue weighted by atomic mass is 35.5. The minimum atomic E-state index is -4.64. The van der Waals surface area contributed by atoms with Crippen molar-refractivity contribution in [2.45, 2.75) is 25.1 Å². The summed E-state index contributed by atoms with van der Waals surface area (Å²) in [5, 5.41) is 18.2. The van der Waals surface area contributed by atoms with Crippen LogP contribution in [-0.4, -0.2) is 36.2 Å². The SMILES string of the molecule is C[C@H](Oc1ccc(C#N)c(Cl)c1C(=O)N1CC(c2ccc(C#N)cc2Cl)C1)C(F)(F)F. The molecular formula is C21H14Cl2F3N3O2. The van der Waals surface area contributed by atoms with Gasteiger partial charge in [-0.1, -0.05) is 29.3 Å². The third-order valence-electron chi connectivity index (χ3n) is 4.94. The number of rotatable bonds is 4. The molecule has 0 N–H and O–H groups in total. The van der Waals surface area contributed by atoms with Gasteiger partial charge < -0.3 is 9.64 Å². The molecule has 3 rings (SSSR count). The van der Waals surface area contributed by atoms with Crippen molar-refractivity contribution in [3.05, 3.63) is 62.6 Å². The Morgan fingerprint density at radius 1 is 1.19 bits per heavy atom. The quantitative estimate of drug-likeness (QED) is 0.610. The zero-order valence-electron chi connectivity index (χ0n) is 16.0. The molecule has 1 heterocycles. The first kappa shape index (κ1) is 22.7. The molecule has 0 saturated carbocycles. The molecule has 10 heteroatoms. The first-order valence-electron chi connectivity index (χ1n) is 9.01. The number of carbonyl (C=O) groups excluding carboxylic acids is 1. The van der Waals surface area contributed by atoms with E-state index in [1.54, 1.807) is 18.2 Å². The molecule has 160 valence electrons. The standard InChI is InChI=1S/C21H14Cl2F3N3O2/c1-11(21(24,25)26)31-17-5-3-13(8-28)19(23)18(17)20(30)29-9-14(10-29)15-4-2-12(7-27)6-16(15)22/h2-6,11,14H,9-10H2,1H3/t11-/m0/s1. The predicted octanol–water partition coefficient (Wildman–Crippen LogP) is 5.31. The Morgan fingerprint density at radius 3 is 2.42 bits per heavy atom. The summed E-state index contributed by atoms with van der Waals surface area (Å²) >= 11 is 12.4. The first-order valence-corrected chi connectivity index (χ1v) is 9.77. The van der Waals surface area contributed by atoms with Crippen LogP contribution in [0.3, 0.4) is 0 Å². The van der Waals surface area contributed by atoms with E-state index in [0.717, 1.165) is 18.6 Å². The highest BCUT2D eigenvalue weighted by molar-refractivity contribution is 6.35. The number of hydrogen-bond donors (Lipinski definition) is 0. The van der Waals surface area contributed by atoms with Crippen LogP contribution >= 0.6 is 23.2 Å². The van der Waals surface area contributed by atoms with E-state index < -0.39 is 18.2 Å². The van der Waals surface area contributed by atoms with E-state index in [-0.39, 0.29) is 40.9 Å². The number of carbonyl (C=O) groups is 1. The summed E-state index contributed by atoms with van der Waals surface area (Å²) < 4.78 is 43.8. The van der Waals surface area contributed by atoms with Crippen LogP contribution in [-0.2, 0) is 0 Å². The molecule has 2 aromatic rings. The molecule has 0 aromatic heterocycles. The maximum Gasteiger partial charge on any atom is 0.425 e. The van der Waals surface area contributed by atoms with E-state index in [1.807, 2.05) is 6.07 Å². The molecule has 0 unspecified atom stereocenters. The third kappa shape index (κ3) is 4.56. The number of hydrogen-bond acceptors (Lipinski definition) is 4. The van der Waals surface area contributed by atoms with E-state index >= 15 is 0 Å². The molecule has 1 aliphatic rings. The lowest BCUT2D eigenvalue weighted by atomic mass is 9.90. The summed E-state index contributed by atoms with van der Waals surface area (Å²) in [6.45, 7) is 1.30. The van der Waals surface area contributed by atoms with Crippen LogP contribution in [0.15, 0.2) is 30.3 Å². The van der Waals surface area contributed by atoms with Gasteiger partial charge in [0.1, 0.15) is 17.4 Å². The first-order chi connectivity index (χ1) is 14.6. The molecule has 1 fully saturated rings. The summed E-state index contributed by atoms with van der Waals surface area (Å²) in [5.74, 6) is -1.10. The number of benzene rings is 2. The normalized spacial score (nSPS) is 14.9. The van der Waals surface area contributed by atoms with Crippen molar-refractivity contribution in [1.29, 1.82) is 10.5 Å². The monoisotopic (exact) mass is 467 g/mol. The third-order valence-corrected chi connectivity index (χ3v) is 5.66. The lowest BCUT2D eigenvalue weighted by Crippen LogP contribution is -2.48. The van der Waals surface area contributed by atoms with Gasteiger partial charge in [0.25, 0.3) is 5.91 Å². The zero-order valence-corrected chi connectivity index (χ0v) is 17.5. The molecule has 5 nitrogen and oxygen atoms in total. The van der Waals surface area contributed by atoms with E-state index in [9.17, 15) is 23.2 Å². The second-order valence-corrected chi connectivity index (χ2v) is 7.75. The average Bonchev–Trinajstić information content (AvgIpc) is 2.67. The number of nitriles is 2. The summed E-state index contributed by atoms with van der Waals surface area (Å²) in [5.41, 5.74) is 0.816. The van der Waals surface area contributed by atoms with Crippen molar-refractivity contribution in [3.63, 3.8) is 0 Å². The van der Waals surface area contributed by atoms with Crippen molar-refractivity contribution in [3.8, 4) is 17.9 Å². The number of ether oxygens (including phenoxy) is 1. The molecule has 0 radical (unpaired) electrons. The fourth-order valence-corrected chi connectivity index (χ4v) is 3.74. The van der Waals surface area contributed by atoms with E-state index in [0.29, 0.717) is 10.6 Å². The van der Waals surface area contributed by atoms with Crippen LogP contribution in [0.25, 0.3) is 0 Å². The van der Waals surface area contributed by atoms with E-state index in [4.69, 9.17) is 33.2 Å². The summed E-state index contributed by atoms with van der Waals surface area (Å²) in [6, 6.07) is 11.0. The van der Waals surface area contributed by atoms with Gasteiger partial charge in [-0.05, 0) is 36.8 Å². The van der Waals surface area contributed by atoms with Crippen molar-refractivity contribution in [2.75, 3.05) is 13.1 Å². The fourth-order valence-electron chi connectivity index (χ4n) is 3.13. The molecule has 31 heavy (non-hydrogen) atoms. The molecule has 1 atom stereocenters. The van der Waals surface area contributed by atoms with Gasteiger partial charge in [-0.25, -0.2) is 0 Å². The molecule has 0 aliphatic carbocycles. The Hall–Kier alpha value is -2.94. The Balaban J connectivity index is 1.85. The van der Waals surface area contributed by atoms with Crippen molar-refractivity contribution >= 4 is 29.1 Å². The van der Waals surface area contributed by atoms with Crippen molar-refractivity contribution < 1.29 is 22.7 Å². The van der Waals surface area contributed by atoms with Crippen LogP contribution in [0.4, 0.5) is 13.2 Å². The highest BCUT2D eigenvalue weighted by Crippen LogP contribution is 2.38. The molecule has 1 amide bonds. The predicted molar refractivity (Wildman–Crippen MR) is 107 cm³/mol. The van der Waals surface area contributed by atoms with E-state index in [1.165, 1.54) is 17.0 Å².